The maximum Gasteiger partial charge on any atom is 0.186 e. The van der Waals surface area contributed by atoms with Crippen LogP contribution < -0.4 is 5.73 Å². The molecule has 0 spiro atoms. The van der Waals surface area contributed by atoms with Gasteiger partial charge in [-0.3, -0.25) is 0 Å². The monoisotopic (exact) mass is 316 g/mol. The lowest BCUT2D eigenvalue weighted by atomic mass is 10.3. The summed E-state index contributed by atoms with van der Waals surface area (Å²) in [6, 6.07) is 4.39. The molecule has 0 saturated heterocycles. The molecule has 2 rings (SSSR count). The lowest BCUT2D eigenvalue weighted by Crippen LogP contribution is -2.07. The highest BCUT2D eigenvalue weighted by molar-refractivity contribution is 7.91. The summed E-state index contributed by atoms with van der Waals surface area (Å²) >= 11 is 7.15. The van der Waals surface area contributed by atoms with Crippen LogP contribution in [0.25, 0.3) is 0 Å². The predicted octanol–water partition coefficient (Wildman–Crippen LogP) is 2.97. The number of nitrogen functional groups attached to an aromatic ring is 1. The van der Waals surface area contributed by atoms with E-state index in [4.69, 9.17) is 17.3 Å². The van der Waals surface area contributed by atoms with Crippen molar-refractivity contribution in [2.24, 2.45) is 0 Å². The van der Waals surface area contributed by atoms with E-state index in [-0.39, 0.29) is 16.3 Å². The van der Waals surface area contributed by atoms with Crippen LogP contribution in [0.2, 0.25) is 5.02 Å². The molecule has 19 heavy (non-hydrogen) atoms. The molecule has 0 radical (unpaired) electrons. The third-order valence-corrected chi connectivity index (χ3v) is 5.88. The van der Waals surface area contributed by atoms with Gasteiger partial charge in [0.15, 0.2) is 9.84 Å². The molecule has 0 aliphatic rings. The first kappa shape index (κ1) is 14.3. The van der Waals surface area contributed by atoms with E-state index in [1.165, 1.54) is 29.5 Å². The normalized spacial score (nSPS) is 11.7. The molecule has 1 aromatic heterocycles. The van der Waals surface area contributed by atoms with Crippen molar-refractivity contribution in [1.29, 1.82) is 0 Å². The Balaban J connectivity index is 2.37. The highest BCUT2D eigenvalue weighted by Gasteiger charge is 2.20. The lowest BCUT2D eigenvalue weighted by molar-refractivity contribution is 0.595. The first-order valence-electron chi connectivity index (χ1n) is 5.50. The second-order valence-corrected chi connectivity index (χ2v) is 7.87. The van der Waals surface area contributed by atoms with Crippen molar-refractivity contribution in [3.8, 4) is 0 Å². The zero-order valence-corrected chi connectivity index (χ0v) is 12.9. The van der Waals surface area contributed by atoms with Gasteiger partial charge in [0.2, 0.25) is 0 Å². The Labute approximate surface area is 121 Å². The minimum Gasteiger partial charge on any atom is -0.398 e. The largest absolute Gasteiger partial charge is 0.398 e. The molecule has 0 atom stereocenters. The summed E-state index contributed by atoms with van der Waals surface area (Å²) in [6.45, 7) is 3.78. The van der Waals surface area contributed by atoms with Gasteiger partial charge in [0.05, 0.1) is 16.3 Å². The maximum atomic E-state index is 12.3. The third-order valence-electron chi connectivity index (χ3n) is 2.69. The van der Waals surface area contributed by atoms with E-state index >= 15 is 0 Å². The predicted molar refractivity (Wildman–Crippen MR) is 78.3 cm³/mol. The first-order chi connectivity index (χ1) is 8.79. The standard InChI is InChI=1S/C12H13ClN2O2S2/c1-7-8(2)18-12(15-7)6-19(16,17)11-4-3-9(13)5-10(11)14/h3-5H,6,14H2,1-2H3. The Morgan fingerprint density at radius 2 is 2.05 bits per heavy atom. The van der Waals surface area contributed by atoms with Gasteiger partial charge >= 0.3 is 0 Å². The van der Waals surface area contributed by atoms with Gasteiger partial charge in [0.1, 0.15) is 10.8 Å². The summed E-state index contributed by atoms with van der Waals surface area (Å²) in [4.78, 5) is 5.36. The smallest absolute Gasteiger partial charge is 0.186 e. The van der Waals surface area contributed by atoms with E-state index < -0.39 is 9.84 Å². The topological polar surface area (TPSA) is 73.0 Å². The van der Waals surface area contributed by atoms with Crippen molar-refractivity contribution in [2.75, 3.05) is 5.73 Å². The van der Waals surface area contributed by atoms with Crippen LogP contribution in [0.15, 0.2) is 23.1 Å². The van der Waals surface area contributed by atoms with Crippen molar-refractivity contribution >= 4 is 38.5 Å². The van der Waals surface area contributed by atoms with Crippen LogP contribution in [-0.4, -0.2) is 13.4 Å². The SMILES string of the molecule is Cc1nc(CS(=O)(=O)c2ccc(Cl)cc2N)sc1C. The summed E-state index contributed by atoms with van der Waals surface area (Å²) < 4.78 is 24.6. The Morgan fingerprint density at radius 1 is 1.37 bits per heavy atom. The van der Waals surface area contributed by atoms with E-state index in [0.29, 0.717) is 10.0 Å². The van der Waals surface area contributed by atoms with E-state index in [0.717, 1.165) is 10.6 Å². The van der Waals surface area contributed by atoms with Gasteiger partial charge in [-0.2, -0.15) is 0 Å². The number of benzene rings is 1. The first-order valence-corrected chi connectivity index (χ1v) is 8.35. The molecule has 0 fully saturated rings. The van der Waals surface area contributed by atoms with E-state index in [1.54, 1.807) is 0 Å². The maximum absolute atomic E-state index is 12.3. The van der Waals surface area contributed by atoms with Gasteiger partial charge in [-0.05, 0) is 32.0 Å². The average Bonchev–Trinajstić information content (AvgIpc) is 2.56. The van der Waals surface area contributed by atoms with Gasteiger partial charge in [-0.25, -0.2) is 13.4 Å². The van der Waals surface area contributed by atoms with E-state index in [1.807, 2.05) is 13.8 Å². The lowest BCUT2D eigenvalue weighted by Gasteiger charge is -2.06. The number of thiazole rings is 1. The number of rotatable bonds is 3. The van der Waals surface area contributed by atoms with Crippen LogP contribution in [0.4, 0.5) is 5.69 Å². The number of sulfone groups is 1. The summed E-state index contributed by atoms with van der Waals surface area (Å²) in [5, 5.41) is 0.988. The minimum atomic E-state index is -3.50. The molecule has 1 aromatic carbocycles. The highest BCUT2D eigenvalue weighted by atomic mass is 35.5. The van der Waals surface area contributed by atoms with Crippen molar-refractivity contribution in [3.63, 3.8) is 0 Å². The van der Waals surface area contributed by atoms with Gasteiger partial charge in [0, 0.05) is 9.90 Å². The Hall–Kier alpha value is -1.11. The van der Waals surface area contributed by atoms with E-state index in [9.17, 15) is 8.42 Å². The van der Waals surface area contributed by atoms with Crippen LogP contribution >= 0.6 is 22.9 Å². The van der Waals surface area contributed by atoms with Crippen LogP contribution in [0, 0.1) is 13.8 Å². The second kappa shape index (κ2) is 5.11. The molecule has 2 aromatic rings. The summed E-state index contributed by atoms with van der Waals surface area (Å²) in [7, 11) is -3.50. The molecule has 1 heterocycles. The summed E-state index contributed by atoms with van der Waals surface area (Å²) in [5.41, 5.74) is 6.74. The van der Waals surface area contributed by atoms with Gasteiger partial charge < -0.3 is 5.73 Å². The van der Waals surface area contributed by atoms with Crippen LogP contribution in [0.1, 0.15) is 15.6 Å². The number of hydrogen-bond donors (Lipinski definition) is 1. The fourth-order valence-electron chi connectivity index (χ4n) is 1.64. The number of aromatic nitrogens is 1. The zero-order valence-electron chi connectivity index (χ0n) is 10.5. The second-order valence-electron chi connectivity index (χ2n) is 4.19. The molecule has 102 valence electrons. The fraction of sp³-hybridized carbons (Fsp3) is 0.250. The quantitative estimate of drug-likeness (QED) is 0.883. The molecule has 0 aliphatic carbocycles. The van der Waals surface area contributed by atoms with Crippen LogP contribution in [0.3, 0.4) is 0 Å². The number of aryl methyl sites for hydroxylation is 2. The van der Waals surface area contributed by atoms with Gasteiger partial charge in [0.25, 0.3) is 0 Å². The molecule has 0 amide bonds. The van der Waals surface area contributed by atoms with E-state index in [2.05, 4.69) is 4.98 Å². The number of halogens is 1. The highest BCUT2D eigenvalue weighted by Crippen LogP contribution is 2.27. The molecular formula is C12H13ClN2O2S2. The molecule has 0 unspecified atom stereocenters. The molecule has 0 aliphatic heterocycles. The third kappa shape index (κ3) is 3.08. The fourth-order valence-corrected chi connectivity index (χ4v) is 4.49. The van der Waals surface area contributed by atoms with Crippen molar-refractivity contribution in [2.45, 2.75) is 24.5 Å². The average molecular weight is 317 g/mol. The molecule has 7 heteroatoms. The van der Waals surface area contributed by atoms with Gasteiger partial charge in [-0.15, -0.1) is 11.3 Å². The van der Waals surface area contributed by atoms with Crippen molar-refractivity contribution < 1.29 is 8.42 Å². The van der Waals surface area contributed by atoms with Crippen LogP contribution in [0.5, 0.6) is 0 Å². The summed E-state index contributed by atoms with van der Waals surface area (Å²) in [5.74, 6) is -0.141. The number of hydrogen-bond acceptors (Lipinski definition) is 5. The van der Waals surface area contributed by atoms with Crippen molar-refractivity contribution in [1.82, 2.24) is 4.98 Å². The molecular weight excluding hydrogens is 304 g/mol. The molecule has 4 nitrogen and oxygen atoms in total. The number of nitrogens with zero attached hydrogens (tertiary/aromatic N) is 1. The Bertz CT molecular complexity index is 704. The summed E-state index contributed by atoms with van der Waals surface area (Å²) in [6.07, 6.45) is 0. The number of anilines is 1. The molecule has 2 N–H and O–H groups in total. The Morgan fingerprint density at radius 3 is 2.58 bits per heavy atom. The Kier molecular flexibility index (Phi) is 3.85. The van der Waals surface area contributed by atoms with Crippen molar-refractivity contribution in [3.05, 3.63) is 38.8 Å². The number of nitrogens with two attached hydrogens (primary N) is 1. The zero-order chi connectivity index (χ0) is 14.2. The minimum absolute atomic E-state index is 0.0995. The molecule has 0 saturated carbocycles. The molecule has 0 bridgehead atoms. The van der Waals surface area contributed by atoms with Gasteiger partial charge in [-0.1, -0.05) is 11.6 Å². The van der Waals surface area contributed by atoms with Crippen LogP contribution in [-0.2, 0) is 15.6 Å².